The zero-order valence-corrected chi connectivity index (χ0v) is 14.2. The second kappa shape index (κ2) is 7.82. The summed E-state index contributed by atoms with van der Waals surface area (Å²) >= 11 is 0. The van der Waals surface area contributed by atoms with E-state index < -0.39 is 0 Å². The van der Waals surface area contributed by atoms with Crippen molar-refractivity contribution in [2.75, 3.05) is 32.8 Å². The molecular weight excluding hydrogens is 316 g/mol. The number of aromatic nitrogens is 1. The average Bonchev–Trinajstić information content (AvgIpc) is 3.14. The lowest BCUT2D eigenvalue weighted by Gasteiger charge is -2.23. The highest BCUT2D eigenvalue weighted by atomic mass is 16.6. The molecule has 0 bridgehead atoms. The molecule has 4 rings (SSSR count). The largest absolute Gasteiger partial charge is 0.486 e. The van der Waals surface area contributed by atoms with E-state index in [2.05, 4.69) is 39.4 Å². The van der Waals surface area contributed by atoms with E-state index in [1.807, 2.05) is 24.4 Å². The van der Waals surface area contributed by atoms with Crippen molar-refractivity contribution in [2.45, 2.75) is 12.5 Å². The normalized spacial score (nSPS) is 22.1. The smallest absolute Gasteiger partial charge is 0.161 e. The Labute approximate surface area is 147 Å². The van der Waals surface area contributed by atoms with Gasteiger partial charge in [0.1, 0.15) is 13.2 Å². The number of rotatable bonds is 6. The van der Waals surface area contributed by atoms with Crippen LogP contribution in [0, 0.1) is 5.92 Å². The summed E-state index contributed by atoms with van der Waals surface area (Å²) in [5.41, 5.74) is 9.03. The molecule has 3 heterocycles. The maximum Gasteiger partial charge on any atom is 0.161 e. The average molecular weight is 340 g/mol. The molecule has 1 saturated heterocycles. The van der Waals surface area contributed by atoms with Gasteiger partial charge in [-0.05, 0) is 29.8 Å². The predicted octanol–water partition coefficient (Wildman–Crippen LogP) is 1.45. The zero-order valence-electron chi connectivity index (χ0n) is 14.2. The zero-order chi connectivity index (χ0) is 16.9. The standard InChI is InChI=1S/C19H24N4O2/c1-2-7-21-16(3-1)6-8-20-12-15-13-22-23-19(15)14-4-5-17-18(11-14)25-10-9-24-17/h1-5,7,11,15,19-20,22-23H,6,8-10,12-13H2. The van der Waals surface area contributed by atoms with Gasteiger partial charge in [0, 0.05) is 43.9 Å². The molecule has 1 aromatic heterocycles. The number of benzene rings is 1. The van der Waals surface area contributed by atoms with Crippen LogP contribution in [0.2, 0.25) is 0 Å². The Hall–Kier alpha value is -2.15. The number of hydrazine groups is 1. The maximum atomic E-state index is 5.71. The number of nitrogens with zero attached hydrogens (tertiary/aromatic N) is 1. The molecule has 1 fully saturated rings. The molecule has 2 aliphatic rings. The molecule has 0 amide bonds. The van der Waals surface area contributed by atoms with Gasteiger partial charge in [0.15, 0.2) is 11.5 Å². The van der Waals surface area contributed by atoms with Gasteiger partial charge in [-0.2, -0.15) is 0 Å². The summed E-state index contributed by atoms with van der Waals surface area (Å²) in [4.78, 5) is 4.36. The van der Waals surface area contributed by atoms with Crippen LogP contribution in [-0.4, -0.2) is 37.8 Å². The minimum Gasteiger partial charge on any atom is -0.486 e. The fourth-order valence-corrected chi connectivity index (χ4v) is 3.38. The molecule has 0 saturated carbocycles. The van der Waals surface area contributed by atoms with Crippen LogP contribution < -0.4 is 25.6 Å². The molecule has 6 heteroatoms. The third kappa shape index (κ3) is 3.92. The van der Waals surface area contributed by atoms with Crippen molar-refractivity contribution >= 4 is 0 Å². The second-order valence-corrected chi connectivity index (χ2v) is 6.44. The Balaban J connectivity index is 1.33. The van der Waals surface area contributed by atoms with Crippen LogP contribution in [0.15, 0.2) is 42.6 Å². The highest BCUT2D eigenvalue weighted by Gasteiger charge is 2.28. The van der Waals surface area contributed by atoms with Gasteiger partial charge in [-0.15, -0.1) is 0 Å². The summed E-state index contributed by atoms with van der Waals surface area (Å²) in [6, 6.07) is 12.5. The number of fused-ring (bicyclic) bond motifs is 1. The van der Waals surface area contributed by atoms with Crippen LogP contribution in [0.1, 0.15) is 17.3 Å². The minimum atomic E-state index is 0.262. The molecule has 6 nitrogen and oxygen atoms in total. The van der Waals surface area contributed by atoms with E-state index in [1.54, 1.807) is 0 Å². The van der Waals surface area contributed by atoms with Crippen LogP contribution in [0.5, 0.6) is 11.5 Å². The summed E-state index contributed by atoms with van der Waals surface area (Å²) in [6.45, 7) is 4.06. The molecule has 0 radical (unpaired) electrons. The second-order valence-electron chi connectivity index (χ2n) is 6.44. The quantitative estimate of drug-likeness (QED) is 0.692. The Morgan fingerprint density at radius 2 is 2.04 bits per heavy atom. The van der Waals surface area contributed by atoms with Gasteiger partial charge >= 0.3 is 0 Å². The molecule has 3 N–H and O–H groups in total. The van der Waals surface area contributed by atoms with Gasteiger partial charge in [0.25, 0.3) is 0 Å². The van der Waals surface area contributed by atoms with Gasteiger partial charge < -0.3 is 14.8 Å². The van der Waals surface area contributed by atoms with E-state index >= 15 is 0 Å². The molecule has 2 aliphatic heterocycles. The molecule has 2 unspecified atom stereocenters. The fraction of sp³-hybridized carbons (Fsp3) is 0.421. The summed E-state index contributed by atoms with van der Waals surface area (Å²) < 4.78 is 11.3. The van der Waals surface area contributed by atoms with Gasteiger partial charge in [-0.25, -0.2) is 5.43 Å². The van der Waals surface area contributed by atoms with Crippen LogP contribution in [0.25, 0.3) is 0 Å². The molecule has 25 heavy (non-hydrogen) atoms. The van der Waals surface area contributed by atoms with E-state index in [9.17, 15) is 0 Å². The van der Waals surface area contributed by atoms with E-state index in [4.69, 9.17) is 9.47 Å². The maximum absolute atomic E-state index is 5.71. The number of hydrogen-bond donors (Lipinski definition) is 3. The Morgan fingerprint density at radius 1 is 1.12 bits per heavy atom. The van der Waals surface area contributed by atoms with Crippen LogP contribution in [0.4, 0.5) is 0 Å². The highest BCUT2D eigenvalue weighted by molar-refractivity contribution is 5.45. The Morgan fingerprint density at radius 3 is 2.92 bits per heavy atom. The molecule has 0 aliphatic carbocycles. The summed E-state index contributed by atoms with van der Waals surface area (Å²) in [5.74, 6) is 2.16. The summed E-state index contributed by atoms with van der Waals surface area (Å²) in [5, 5.41) is 3.56. The lowest BCUT2D eigenvalue weighted by atomic mass is 9.94. The lowest BCUT2D eigenvalue weighted by Crippen LogP contribution is -2.30. The predicted molar refractivity (Wildman–Crippen MR) is 95.6 cm³/mol. The van der Waals surface area contributed by atoms with Crippen LogP contribution in [-0.2, 0) is 6.42 Å². The first-order valence-electron chi connectivity index (χ1n) is 8.89. The molecule has 132 valence electrons. The molecule has 2 aromatic rings. The van der Waals surface area contributed by atoms with Crippen LogP contribution >= 0.6 is 0 Å². The minimum absolute atomic E-state index is 0.262. The van der Waals surface area contributed by atoms with E-state index in [-0.39, 0.29) is 6.04 Å². The SMILES string of the molecule is c1ccc(CCNCC2CNNC2c2ccc3c(c2)OCCO3)nc1. The van der Waals surface area contributed by atoms with Crippen molar-refractivity contribution in [3.05, 3.63) is 53.9 Å². The van der Waals surface area contributed by atoms with Gasteiger partial charge in [-0.1, -0.05) is 12.1 Å². The van der Waals surface area contributed by atoms with E-state index in [1.165, 1.54) is 5.56 Å². The number of ether oxygens (including phenoxy) is 2. The lowest BCUT2D eigenvalue weighted by molar-refractivity contribution is 0.171. The van der Waals surface area contributed by atoms with Crippen LogP contribution in [0.3, 0.4) is 0 Å². The fourth-order valence-electron chi connectivity index (χ4n) is 3.38. The molecular formula is C19H24N4O2. The monoisotopic (exact) mass is 340 g/mol. The molecule has 1 aromatic carbocycles. The Kier molecular flexibility index (Phi) is 5.11. The van der Waals surface area contributed by atoms with Gasteiger partial charge in [-0.3, -0.25) is 10.4 Å². The highest BCUT2D eigenvalue weighted by Crippen LogP contribution is 2.35. The Bertz CT molecular complexity index is 695. The van der Waals surface area contributed by atoms with Crippen molar-refractivity contribution < 1.29 is 9.47 Å². The third-order valence-electron chi connectivity index (χ3n) is 4.71. The van der Waals surface area contributed by atoms with Crippen molar-refractivity contribution in [3.63, 3.8) is 0 Å². The summed E-state index contributed by atoms with van der Waals surface area (Å²) in [7, 11) is 0. The van der Waals surface area contributed by atoms with Crippen molar-refractivity contribution in [1.29, 1.82) is 0 Å². The van der Waals surface area contributed by atoms with Gasteiger partial charge in [0.2, 0.25) is 0 Å². The number of nitrogens with one attached hydrogen (secondary N) is 3. The van der Waals surface area contributed by atoms with E-state index in [0.717, 1.165) is 43.2 Å². The van der Waals surface area contributed by atoms with Gasteiger partial charge in [0.05, 0.1) is 6.04 Å². The van der Waals surface area contributed by atoms with Crippen molar-refractivity contribution in [1.82, 2.24) is 21.2 Å². The molecule has 0 spiro atoms. The first-order valence-corrected chi connectivity index (χ1v) is 8.89. The first-order chi connectivity index (χ1) is 12.4. The van der Waals surface area contributed by atoms with Crippen molar-refractivity contribution in [3.8, 4) is 11.5 Å². The van der Waals surface area contributed by atoms with E-state index in [0.29, 0.717) is 19.1 Å². The topological polar surface area (TPSA) is 67.4 Å². The number of pyridine rings is 1. The third-order valence-corrected chi connectivity index (χ3v) is 4.71. The first kappa shape index (κ1) is 16.3. The molecule has 2 atom stereocenters. The summed E-state index contributed by atoms with van der Waals surface area (Å²) in [6.07, 6.45) is 2.79. The van der Waals surface area contributed by atoms with Crippen molar-refractivity contribution in [2.24, 2.45) is 5.92 Å². The number of hydrogen-bond acceptors (Lipinski definition) is 6.